The summed E-state index contributed by atoms with van der Waals surface area (Å²) in [5.41, 5.74) is 1.03. The largest absolute Gasteiger partial charge is 0.371 e. The molecule has 1 aliphatic carbocycles. The molecule has 0 unspecified atom stereocenters. The maximum absolute atomic E-state index is 6.07. The van der Waals surface area contributed by atoms with Crippen LogP contribution < -0.4 is 4.90 Å². The monoisotopic (exact) mass is 299 g/mol. The summed E-state index contributed by atoms with van der Waals surface area (Å²) in [6, 6.07) is 5.97. The summed E-state index contributed by atoms with van der Waals surface area (Å²) in [6.07, 6.45) is 6.79. The lowest BCUT2D eigenvalue weighted by Gasteiger charge is -2.40. The van der Waals surface area contributed by atoms with Gasteiger partial charge in [-0.3, -0.25) is 0 Å². The van der Waals surface area contributed by atoms with E-state index in [1.165, 1.54) is 25.7 Å². The van der Waals surface area contributed by atoms with E-state index in [-0.39, 0.29) is 5.60 Å². The number of hydrogen-bond acceptors (Lipinski definition) is 5. The van der Waals surface area contributed by atoms with E-state index in [4.69, 9.17) is 4.74 Å². The third kappa shape index (κ3) is 2.47. The molecular weight excluding hydrogens is 278 g/mol. The zero-order chi connectivity index (χ0) is 15.0. The Bertz CT molecular complexity index is 645. The summed E-state index contributed by atoms with van der Waals surface area (Å²) < 4.78 is 7.82. The number of ether oxygens (including phenoxy) is 1. The fourth-order valence-corrected chi connectivity index (χ4v) is 3.51. The van der Waals surface area contributed by atoms with Crippen molar-refractivity contribution in [2.45, 2.75) is 38.2 Å². The minimum absolute atomic E-state index is 0.0533. The van der Waals surface area contributed by atoms with Gasteiger partial charge in [-0.25, -0.2) is 4.68 Å². The van der Waals surface area contributed by atoms with Gasteiger partial charge in [0.1, 0.15) is 0 Å². The molecule has 4 rings (SSSR count). The second kappa shape index (κ2) is 5.35. The zero-order valence-corrected chi connectivity index (χ0v) is 12.9. The molecule has 1 saturated carbocycles. The van der Waals surface area contributed by atoms with Crippen molar-refractivity contribution in [1.29, 1.82) is 0 Å². The summed E-state index contributed by atoms with van der Waals surface area (Å²) >= 11 is 0. The average molecular weight is 299 g/mol. The van der Waals surface area contributed by atoms with Crippen molar-refractivity contribution in [3.63, 3.8) is 0 Å². The van der Waals surface area contributed by atoms with Gasteiger partial charge in [0.2, 0.25) is 0 Å². The first-order valence-corrected chi connectivity index (χ1v) is 7.99. The first-order chi connectivity index (χ1) is 10.7. The van der Waals surface area contributed by atoms with Crippen LogP contribution >= 0.6 is 0 Å². The molecule has 6 nitrogen and oxygen atoms in total. The second-order valence-corrected chi connectivity index (χ2v) is 6.31. The Balaban J connectivity index is 1.53. The lowest BCUT2D eigenvalue weighted by atomic mass is 10.00. The van der Waals surface area contributed by atoms with Gasteiger partial charge in [0.25, 0.3) is 0 Å². The molecule has 2 aromatic heterocycles. The maximum Gasteiger partial charge on any atom is 0.175 e. The highest BCUT2D eigenvalue weighted by Gasteiger charge is 2.39. The maximum atomic E-state index is 6.07. The number of anilines is 1. The Morgan fingerprint density at radius 1 is 1.09 bits per heavy atom. The molecule has 2 aromatic rings. The summed E-state index contributed by atoms with van der Waals surface area (Å²) in [4.78, 5) is 2.31. The Hall–Kier alpha value is -1.95. The van der Waals surface area contributed by atoms with Crippen molar-refractivity contribution in [1.82, 2.24) is 20.0 Å². The number of aryl methyl sites for hydroxylation is 1. The van der Waals surface area contributed by atoms with Gasteiger partial charge >= 0.3 is 0 Å². The molecular formula is C16H21N5O. The Morgan fingerprint density at radius 2 is 1.86 bits per heavy atom. The van der Waals surface area contributed by atoms with Crippen LogP contribution in [0.1, 0.15) is 31.4 Å². The smallest absolute Gasteiger partial charge is 0.175 e. The minimum Gasteiger partial charge on any atom is -0.371 e. The number of hydrogen-bond donors (Lipinski definition) is 0. The van der Waals surface area contributed by atoms with Crippen LogP contribution in [0.5, 0.6) is 0 Å². The second-order valence-electron chi connectivity index (χ2n) is 6.31. The Morgan fingerprint density at radius 3 is 2.55 bits per heavy atom. The third-order valence-corrected chi connectivity index (χ3v) is 4.68. The minimum atomic E-state index is 0.0533. The fourth-order valence-electron chi connectivity index (χ4n) is 3.51. The van der Waals surface area contributed by atoms with Gasteiger partial charge in [-0.05, 0) is 38.0 Å². The molecule has 1 spiro atoms. The molecule has 1 saturated heterocycles. The molecule has 116 valence electrons. The number of morpholine rings is 1. The van der Waals surface area contributed by atoms with Crippen LogP contribution in [0.25, 0.3) is 5.82 Å². The lowest BCUT2D eigenvalue weighted by molar-refractivity contribution is -0.0503. The molecule has 0 N–H and O–H groups in total. The van der Waals surface area contributed by atoms with Crippen LogP contribution in [-0.4, -0.2) is 45.3 Å². The first-order valence-electron chi connectivity index (χ1n) is 7.99. The highest BCUT2D eigenvalue weighted by molar-refractivity contribution is 5.41. The molecule has 2 fully saturated rings. The number of nitrogens with zero attached hydrogens (tertiary/aromatic N) is 5. The topological polar surface area (TPSA) is 56.1 Å². The van der Waals surface area contributed by atoms with Gasteiger partial charge in [0.15, 0.2) is 11.6 Å². The van der Waals surface area contributed by atoms with E-state index in [9.17, 15) is 0 Å². The summed E-state index contributed by atoms with van der Waals surface area (Å²) in [7, 11) is 0. The van der Waals surface area contributed by atoms with Crippen molar-refractivity contribution < 1.29 is 4.74 Å². The molecule has 2 aliphatic rings. The standard InChI is InChI=1S/C16H21N5O/c1-13-6-9-21(19-13)15-5-4-14(17-18-15)20-10-11-22-16(12-20)7-2-3-8-16/h4-6,9H,2-3,7-8,10-12H2,1H3. The highest BCUT2D eigenvalue weighted by atomic mass is 16.5. The van der Waals surface area contributed by atoms with Crippen LogP contribution in [0.4, 0.5) is 5.82 Å². The van der Waals surface area contributed by atoms with Crippen molar-refractivity contribution >= 4 is 5.82 Å². The predicted octanol–water partition coefficient (Wildman–Crippen LogP) is 2.12. The quantitative estimate of drug-likeness (QED) is 0.850. The molecule has 0 radical (unpaired) electrons. The van der Waals surface area contributed by atoms with Crippen molar-refractivity contribution in [2.75, 3.05) is 24.6 Å². The van der Waals surface area contributed by atoms with E-state index in [0.29, 0.717) is 0 Å². The highest BCUT2D eigenvalue weighted by Crippen LogP contribution is 2.36. The SMILES string of the molecule is Cc1ccn(-c2ccc(N3CCOC4(CCCC4)C3)nn2)n1. The fraction of sp³-hybridized carbons (Fsp3) is 0.562. The van der Waals surface area contributed by atoms with E-state index < -0.39 is 0 Å². The van der Waals surface area contributed by atoms with Crippen LogP contribution in [0.3, 0.4) is 0 Å². The number of rotatable bonds is 2. The van der Waals surface area contributed by atoms with Crippen molar-refractivity contribution in [3.8, 4) is 5.82 Å². The zero-order valence-electron chi connectivity index (χ0n) is 12.9. The van der Waals surface area contributed by atoms with E-state index in [0.717, 1.165) is 37.0 Å². The van der Waals surface area contributed by atoms with Crippen LogP contribution in [-0.2, 0) is 4.74 Å². The van der Waals surface area contributed by atoms with Gasteiger partial charge in [-0.2, -0.15) is 5.10 Å². The van der Waals surface area contributed by atoms with E-state index in [1.54, 1.807) is 4.68 Å². The van der Waals surface area contributed by atoms with Crippen LogP contribution in [0.15, 0.2) is 24.4 Å². The van der Waals surface area contributed by atoms with E-state index in [1.807, 2.05) is 31.3 Å². The van der Waals surface area contributed by atoms with Gasteiger partial charge in [0, 0.05) is 19.3 Å². The molecule has 0 atom stereocenters. The van der Waals surface area contributed by atoms with Gasteiger partial charge in [0.05, 0.1) is 17.9 Å². The van der Waals surface area contributed by atoms with E-state index >= 15 is 0 Å². The normalized spacial score (nSPS) is 20.7. The molecule has 3 heterocycles. The molecule has 1 aliphatic heterocycles. The molecule has 0 bridgehead atoms. The summed E-state index contributed by atoms with van der Waals surface area (Å²) in [6.45, 7) is 4.56. The summed E-state index contributed by atoms with van der Waals surface area (Å²) in [5.74, 6) is 1.68. The van der Waals surface area contributed by atoms with Gasteiger partial charge in [-0.15, -0.1) is 10.2 Å². The van der Waals surface area contributed by atoms with Crippen LogP contribution in [0.2, 0.25) is 0 Å². The molecule has 22 heavy (non-hydrogen) atoms. The third-order valence-electron chi connectivity index (χ3n) is 4.68. The van der Waals surface area contributed by atoms with Gasteiger partial charge in [-0.1, -0.05) is 12.8 Å². The van der Waals surface area contributed by atoms with E-state index in [2.05, 4.69) is 20.2 Å². The predicted molar refractivity (Wildman–Crippen MR) is 83.3 cm³/mol. The Labute approximate surface area is 130 Å². The number of aromatic nitrogens is 4. The average Bonchev–Trinajstić information content (AvgIpc) is 3.17. The van der Waals surface area contributed by atoms with Crippen molar-refractivity contribution in [3.05, 3.63) is 30.1 Å². The first kappa shape index (κ1) is 13.7. The lowest BCUT2D eigenvalue weighted by Crippen LogP contribution is -2.50. The van der Waals surface area contributed by atoms with Crippen LogP contribution in [0, 0.1) is 6.92 Å². The van der Waals surface area contributed by atoms with Crippen molar-refractivity contribution in [2.24, 2.45) is 0 Å². The molecule has 0 amide bonds. The Kier molecular flexibility index (Phi) is 3.33. The molecule has 6 heteroatoms. The molecule has 0 aromatic carbocycles. The summed E-state index contributed by atoms with van der Waals surface area (Å²) in [5, 5.41) is 13.1. The van der Waals surface area contributed by atoms with Gasteiger partial charge < -0.3 is 9.64 Å².